The Morgan fingerprint density at radius 2 is 1.79 bits per heavy atom. The Morgan fingerprint density at radius 1 is 1.08 bits per heavy atom. The van der Waals surface area contributed by atoms with Crippen molar-refractivity contribution in [1.29, 1.82) is 0 Å². The lowest BCUT2D eigenvalue weighted by Gasteiger charge is -2.37. The average Bonchev–Trinajstić information content (AvgIpc) is 2.89. The summed E-state index contributed by atoms with van der Waals surface area (Å²) < 4.78 is 33.9. The normalized spacial score (nSPS) is 40.1. The Bertz CT molecular complexity index is 516. The van der Waals surface area contributed by atoms with Gasteiger partial charge in [0.05, 0.1) is 6.10 Å². The standard InChI is InChI=1S/C16H24O8/c1-7(2)19-14(18)10-6-9(20-8(3)17)11-12(21-10)13-15(22-11)24-16(4,5)23-13/h7,9-13,15H,6H2,1-5H3/t9-,10+,11-,12-,13-,15-/m1/s1. The monoisotopic (exact) mass is 344 g/mol. The summed E-state index contributed by atoms with van der Waals surface area (Å²) in [4.78, 5) is 23.7. The molecule has 0 amide bonds. The lowest BCUT2D eigenvalue weighted by molar-refractivity contribution is -0.252. The largest absolute Gasteiger partial charge is 0.461 e. The number of rotatable bonds is 3. The van der Waals surface area contributed by atoms with Gasteiger partial charge in [0, 0.05) is 13.3 Å². The van der Waals surface area contributed by atoms with Crippen molar-refractivity contribution < 1.29 is 38.0 Å². The van der Waals surface area contributed by atoms with Crippen LogP contribution in [0.2, 0.25) is 0 Å². The maximum atomic E-state index is 12.2. The van der Waals surface area contributed by atoms with E-state index in [4.69, 9.17) is 28.4 Å². The molecule has 6 atom stereocenters. The van der Waals surface area contributed by atoms with Crippen molar-refractivity contribution in [2.24, 2.45) is 0 Å². The number of carbonyl (C=O) groups excluding carboxylic acids is 2. The van der Waals surface area contributed by atoms with Crippen LogP contribution >= 0.6 is 0 Å². The van der Waals surface area contributed by atoms with Crippen LogP contribution in [0.1, 0.15) is 41.0 Å². The van der Waals surface area contributed by atoms with Gasteiger partial charge in [-0.1, -0.05) is 0 Å². The highest BCUT2D eigenvalue weighted by Gasteiger charge is 2.61. The highest BCUT2D eigenvalue weighted by Crippen LogP contribution is 2.43. The molecule has 0 aliphatic carbocycles. The summed E-state index contributed by atoms with van der Waals surface area (Å²) in [5, 5.41) is 0. The van der Waals surface area contributed by atoms with Crippen LogP contribution in [0.5, 0.6) is 0 Å². The second-order valence-electron chi connectivity index (χ2n) is 7.03. The van der Waals surface area contributed by atoms with Crippen LogP contribution in [0.15, 0.2) is 0 Å². The van der Waals surface area contributed by atoms with E-state index in [1.807, 2.05) is 0 Å². The summed E-state index contributed by atoms with van der Waals surface area (Å²) >= 11 is 0. The van der Waals surface area contributed by atoms with E-state index in [2.05, 4.69) is 0 Å². The minimum absolute atomic E-state index is 0.176. The van der Waals surface area contributed by atoms with Crippen LogP contribution in [0.3, 0.4) is 0 Å². The third-order valence-corrected chi connectivity index (χ3v) is 4.09. The van der Waals surface area contributed by atoms with Crippen molar-refractivity contribution in [3.63, 3.8) is 0 Å². The van der Waals surface area contributed by atoms with Crippen molar-refractivity contribution in [2.75, 3.05) is 0 Å². The summed E-state index contributed by atoms with van der Waals surface area (Å²) in [5.74, 6) is -1.73. The van der Waals surface area contributed by atoms with Crippen LogP contribution in [-0.2, 0) is 38.0 Å². The molecular formula is C16H24O8. The van der Waals surface area contributed by atoms with E-state index in [1.165, 1.54) is 6.92 Å². The zero-order valence-electron chi connectivity index (χ0n) is 14.5. The molecule has 0 N–H and O–H groups in total. The third-order valence-electron chi connectivity index (χ3n) is 4.09. The molecule has 3 fully saturated rings. The second kappa shape index (κ2) is 6.25. The quantitative estimate of drug-likeness (QED) is 0.698. The Hall–Kier alpha value is -1.22. The molecule has 3 rings (SSSR count). The predicted molar refractivity (Wildman–Crippen MR) is 78.8 cm³/mol. The fourth-order valence-corrected chi connectivity index (χ4v) is 3.34. The number of fused-ring (bicyclic) bond motifs is 3. The minimum Gasteiger partial charge on any atom is -0.461 e. The molecule has 3 aliphatic rings. The van der Waals surface area contributed by atoms with Gasteiger partial charge in [-0.3, -0.25) is 4.79 Å². The SMILES string of the molecule is CC(=O)O[C@@H]1C[C@@H](C(=O)OC(C)C)O[C@H]2[C@H]3OC(C)(C)O[C@H]3O[C@@H]21. The van der Waals surface area contributed by atoms with Crippen LogP contribution < -0.4 is 0 Å². The number of hydrogen-bond donors (Lipinski definition) is 0. The molecule has 8 nitrogen and oxygen atoms in total. The molecule has 0 saturated carbocycles. The molecule has 3 saturated heterocycles. The molecule has 0 aromatic heterocycles. The first-order chi connectivity index (χ1) is 11.2. The second-order valence-corrected chi connectivity index (χ2v) is 7.03. The zero-order valence-corrected chi connectivity index (χ0v) is 14.5. The van der Waals surface area contributed by atoms with Gasteiger partial charge in [0.2, 0.25) is 0 Å². The molecule has 8 heteroatoms. The van der Waals surface area contributed by atoms with Gasteiger partial charge >= 0.3 is 11.9 Å². The Balaban J connectivity index is 1.78. The Morgan fingerprint density at radius 3 is 2.42 bits per heavy atom. The van der Waals surface area contributed by atoms with Gasteiger partial charge in [-0.05, 0) is 27.7 Å². The molecule has 3 heterocycles. The van der Waals surface area contributed by atoms with E-state index < -0.39 is 54.5 Å². The van der Waals surface area contributed by atoms with Crippen molar-refractivity contribution >= 4 is 11.9 Å². The molecular weight excluding hydrogens is 320 g/mol. The predicted octanol–water partition coefficient (Wildman–Crippen LogP) is 0.904. The van der Waals surface area contributed by atoms with E-state index in [1.54, 1.807) is 27.7 Å². The molecule has 24 heavy (non-hydrogen) atoms. The summed E-state index contributed by atoms with van der Waals surface area (Å²) in [6.07, 6.45) is -3.76. The van der Waals surface area contributed by atoms with Crippen molar-refractivity contribution in [1.82, 2.24) is 0 Å². The van der Waals surface area contributed by atoms with E-state index in [0.29, 0.717) is 0 Å². The van der Waals surface area contributed by atoms with Gasteiger partial charge in [-0.2, -0.15) is 0 Å². The lowest BCUT2D eigenvalue weighted by atomic mass is 9.96. The third kappa shape index (κ3) is 3.42. The minimum atomic E-state index is -0.840. The van der Waals surface area contributed by atoms with Gasteiger partial charge < -0.3 is 28.4 Å². The zero-order chi connectivity index (χ0) is 17.6. The average molecular weight is 344 g/mol. The van der Waals surface area contributed by atoms with Gasteiger partial charge in [-0.15, -0.1) is 0 Å². The first-order valence-electron chi connectivity index (χ1n) is 8.20. The molecule has 0 radical (unpaired) electrons. The maximum Gasteiger partial charge on any atom is 0.335 e. The number of hydrogen-bond acceptors (Lipinski definition) is 8. The number of ether oxygens (including phenoxy) is 6. The highest BCUT2D eigenvalue weighted by molar-refractivity contribution is 5.75. The van der Waals surface area contributed by atoms with E-state index >= 15 is 0 Å². The lowest BCUT2D eigenvalue weighted by Crippen LogP contribution is -2.54. The molecule has 0 bridgehead atoms. The Kier molecular flexibility index (Phi) is 4.59. The number of esters is 2. The van der Waals surface area contributed by atoms with Crippen molar-refractivity contribution in [2.45, 2.75) is 89.7 Å². The maximum absolute atomic E-state index is 12.2. The molecule has 0 aromatic carbocycles. The van der Waals surface area contributed by atoms with Gasteiger partial charge in [0.15, 0.2) is 18.2 Å². The van der Waals surface area contributed by atoms with Gasteiger partial charge in [-0.25, -0.2) is 4.79 Å². The fourth-order valence-electron chi connectivity index (χ4n) is 3.34. The molecule has 3 aliphatic heterocycles. The van der Waals surface area contributed by atoms with Crippen molar-refractivity contribution in [3.8, 4) is 0 Å². The number of carbonyl (C=O) groups is 2. The molecule has 0 unspecified atom stereocenters. The first kappa shape index (κ1) is 17.6. The van der Waals surface area contributed by atoms with Gasteiger partial charge in [0.25, 0.3) is 0 Å². The van der Waals surface area contributed by atoms with Crippen LogP contribution in [-0.4, -0.2) is 60.6 Å². The first-order valence-corrected chi connectivity index (χ1v) is 8.20. The van der Waals surface area contributed by atoms with Crippen LogP contribution in [0.25, 0.3) is 0 Å². The fraction of sp³-hybridized carbons (Fsp3) is 0.875. The topological polar surface area (TPSA) is 89.5 Å². The highest BCUT2D eigenvalue weighted by atomic mass is 16.8. The van der Waals surface area contributed by atoms with E-state index in [-0.39, 0.29) is 12.5 Å². The molecule has 0 spiro atoms. The summed E-state index contributed by atoms with van der Waals surface area (Å²) in [6.45, 7) is 8.40. The molecule has 136 valence electrons. The van der Waals surface area contributed by atoms with Crippen LogP contribution in [0.4, 0.5) is 0 Å². The van der Waals surface area contributed by atoms with E-state index in [9.17, 15) is 9.59 Å². The van der Waals surface area contributed by atoms with E-state index in [0.717, 1.165) is 0 Å². The smallest absolute Gasteiger partial charge is 0.335 e. The Labute approximate surface area is 140 Å². The summed E-state index contributed by atoms with van der Waals surface area (Å²) in [7, 11) is 0. The van der Waals surface area contributed by atoms with Gasteiger partial charge in [0.1, 0.15) is 24.4 Å². The molecule has 0 aromatic rings. The van der Waals surface area contributed by atoms with Crippen molar-refractivity contribution in [3.05, 3.63) is 0 Å². The van der Waals surface area contributed by atoms with Crippen LogP contribution in [0, 0.1) is 0 Å². The summed E-state index contributed by atoms with van der Waals surface area (Å²) in [6, 6.07) is 0. The summed E-state index contributed by atoms with van der Waals surface area (Å²) in [5.41, 5.74) is 0.